The molecule has 7 heteroatoms. The predicted molar refractivity (Wildman–Crippen MR) is 63.6 cm³/mol. The molecule has 1 atom stereocenters. The summed E-state index contributed by atoms with van der Waals surface area (Å²) in [6.45, 7) is 2.31. The van der Waals surface area contributed by atoms with Gasteiger partial charge >= 0.3 is 5.97 Å². The fourth-order valence-electron chi connectivity index (χ4n) is 1.17. The van der Waals surface area contributed by atoms with E-state index in [0.29, 0.717) is 0 Å². The monoisotopic (exact) mass is 257 g/mol. The first-order valence-electron chi connectivity index (χ1n) is 5.21. The number of carbonyl (C=O) groups is 2. The number of carbonyl (C=O) groups excluding carboxylic acids is 1. The molecule has 0 aliphatic carbocycles. The van der Waals surface area contributed by atoms with Crippen LogP contribution in [0, 0.1) is 0 Å². The number of rotatable bonds is 6. The third-order valence-corrected chi connectivity index (χ3v) is 3.24. The molecule has 0 spiro atoms. The fraction of sp³-hybridized carbons (Fsp3) is 0.500. The Labute approximate surface area is 103 Å². The van der Waals surface area contributed by atoms with E-state index in [-0.39, 0.29) is 13.0 Å². The zero-order valence-electron chi connectivity index (χ0n) is 9.47. The summed E-state index contributed by atoms with van der Waals surface area (Å²) in [6, 6.07) is -1.02. The Morgan fingerprint density at radius 3 is 2.88 bits per heavy atom. The third kappa shape index (κ3) is 4.49. The van der Waals surface area contributed by atoms with E-state index in [9.17, 15) is 9.59 Å². The lowest BCUT2D eigenvalue weighted by molar-refractivity contribution is -0.139. The summed E-state index contributed by atoms with van der Waals surface area (Å²) < 4.78 is 0. The van der Waals surface area contributed by atoms with Crippen molar-refractivity contribution in [2.75, 3.05) is 0 Å². The first-order valence-corrected chi connectivity index (χ1v) is 6.03. The quantitative estimate of drug-likeness (QED) is 0.671. The van der Waals surface area contributed by atoms with Crippen LogP contribution < -0.4 is 11.1 Å². The van der Waals surface area contributed by atoms with E-state index in [1.54, 1.807) is 6.20 Å². The molecule has 1 heterocycles. The van der Waals surface area contributed by atoms with E-state index < -0.39 is 17.9 Å². The molecule has 4 N–H and O–H groups in total. The van der Waals surface area contributed by atoms with Crippen molar-refractivity contribution in [2.24, 2.45) is 5.73 Å². The summed E-state index contributed by atoms with van der Waals surface area (Å²) in [4.78, 5) is 27.0. The highest BCUT2D eigenvalue weighted by Crippen LogP contribution is 2.12. The molecule has 0 saturated carbocycles. The van der Waals surface area contributed by atoms with E-state index in [1.165, 1.54) is 11.3 Å². The number of aryl methyl sites for hydroxylation is 1. The molecule has 0 radical (unpaired) electrons. The molecular formula is C10H15N3O3S. The molecule has 0 saturated heterocycles. The number of amides is 1. The number of hydrogen-bond acceptors (Lipinski definition) is 5. The molecule has 94 valence electrons. The van der Waals surface area contributed by atoms with Gasteiger partial charge in [0.15, 0.2) is 0 Å². The Bertz CT molecular complexity index is 405. The van der Waals surface area contributed by atoms with Crippen LogP contribution in [0.4, 0.5) is 0 Å². The van der Waals surface area contributed by atoms with E-state index >= 15 is 0 Å². The number of carboxylic acids is 1. The topological polar surface area (TPSA) is 105 Å². The normalized spacial score (nSPS) is 12.1. The minimum absolute atomic E-state index is 0.289. The smallest absolute Gasteiger partial charge is 0.305 e. The second-order valence-corrected chi connectivity index (χ2v) is 4.70. The Hall–Kier alpha value is -1.47. The van der Waals surface area contributed by atoms with Gasteiger partial charge in [0.2, 0.25) is 5.91 Å². The van der Waals surface area contributed by atoms with Crippen LogP contribution in [-0.2, 0) is 22.6 Å². The maximum atomic E-state index is 11.4. The summed E-state index contributed by atoms with van der Waals surface area (Å²) in [7, 11) is 0. The third-order valence-electron chi connectivity index (χ3n) is 2.10. The number of nitrogens with zero attached hydrogens (tertiary/aromatic N) is 1. The van der Waals surface area contributed by atoms with Gasteiger partial charge in [0.1, 0.15) is 5.01 Å². The van der Waals surface area contributed by atoms with Gasteiger partial charge in [-0.25, -0.2) is 4.98 Å². The zero-order chi connectivity index (χ0) is 12.8. The van der Waals surface area contributed by atoms with Crippen molar-refractivity contribution in [3.05, 3.63) is 16.1 Å². The molecule has 0 aromatic carbocycles. The predicted octanol–water partition coefficient (Wildman–Crippen LogP) is 0.124. The molecule has 0 bridgehead atoms. The van der Waals surface area contributed by atoms with Crippen molar-refractivity contribution in [1.29, 1.82) is 0 Å². The maximum Gasteiger partial charge on any atom is 0.305 e. The minimum atomic E-state index is -1.09. The van der Waals surface area contributed by atoms with Gasteiger partial charge in [-0.2, -0.15) is 0 Å². The van der Waals surface area contributed by atoms with Crippen molar-refractivity contribution in [3.8, 4) is 0 Å². The Morgan fingerprint density at radius 1 is 1.65 bits per heavy atom. The van der Waals surface area contributed by atoms with Crippen LogP contribution in [0.5, 0.6) is 0 Å². The van der Waals surface area contributed by atoms with Crippen molar-refractivity contribution >= 4 is 23.2 Å². The van der Waals surface area contributed by atoms with E-state index in [4.69, 9.17) is 10.8 Å². The minimum Gasteiger partial charge on any atom is -0.481 e. The van der Waals surface area contributed by atoms with Crippen LogP contribution >= 0.6 is 11.3 Å². The molecular weight excluding hydrogens is 242 g/mol. The average Bonchev–Trinajstić information content (AvgIpc) is 2.72. The molecule has 1 unspecified atom stereocenters. The van der Waals surface area contributed by atoms with Gasteiger partial charge in [-0.3, -0.25) is 9.59 Å². The lowest BCUT2D eigenvalue weighted by Gasteiger charge is -2.08. The molecule has 0 fully saturated rings. The largest absolute Gasteiger partial charge is 0.481 e. The van der Waals surface area contributed by atoms with Gasteiger partial charge in [0, 0.05) is 11.1 Å². The number of nitrogens with one attached hydrogen (secondary N) is 1. The number of aliphatic carboxylic acids is 1. The molecule has 0 aliphatic rings. The van der Waals surface area contributed by atoms with Gasteiger partial charge in [-0.15, -0.1) is 11.3 Å². The SMILES string of the molecule is CCc1cnc(CNC(=O)C(N)CC(=O)O)s1. The van der Waals surface area contributed by atoms with Crippen LogP contribution in [-0.4, -0.2) is 28.0 Å². The van der Waals surface area contributed by atoms with Gasteiger partial charge in [0.05, 0.1) is 19.0 Å². The Morgan fingerprint density at radius 2 is 2.35 bits per heavy atom. The highest BCUT2D eigenvalue weighted by Gasteiger charge is 2.16. The maximum absolute atomic E-state index is 11.4. The number of hydrogen-bond donors (Lipinski definition) is 3. The van der Waals surface area contributed by atoms with Gasteiger partial charge in [0.25, 0.3) is 0 Å². The van der Waals surface area contributed by atoms with Crippen molar-refractivity contribution < 1.29 is 14.7 Å². The zero-order valence-corrected chi connectivity index (χ0v) is 10.3. The molecule has 17 heavy (non-hydrogen) atoms. The lowest BCUT2D eigenvalue weighted by atomic mass is 10.2. The molecule has 0 aliphatic heterocycles. The lowest BCUT2D eigenvalue weighted by Crippen LogP contribution is -2.41. The second-order valence-electron chi connectivity index (χ2n) is 3.50. The van der Waals surface area contributed by atoms with Crippen LogP contribution in [0.1, 0.15) is 23.2 Å². The van der Waals surface area contributed by atoms with Crippen molar-refractivity contribution in [1.82, 2.24) is 10.3 Å². The molecule has 1 amide bonds. The van der Waals surface area contributed by atoms with Crippen LogP contribution in [0.25, 0.3) is 0 Å². The average molecular weight is 257 g/mol. The number of aromatic nitrogens is 1. The number of nitrogens with two attached hydrogens (primary N) is 1. The van der Waals surface area contributed by atoms with Gasteiger partial charge in [-0.1, -0.05) is 6.92 Å². The van der Waals surface area contributed by atoms with E-state index in [0.717, 1.165) is 16.3 Å². The van der Waals surface area contributed by atoms with Crippen LogP contribution in [0.2, 0.25) is 0 Å². The standard InChI is InChI=1S/C10H15N3O3S/c1-2-6-4-12-8(17-6)5-13-10(16)7(11)3-9(14)15/h4,7H,2-3,5,11H2,1H3,(H,13,16)(H,14,15). The molecule has 1 aromatic rings. The first-order chi connectivity index (χ1) is 8.02. The summed E-state index contributed by atoms with van der Waals surface area (Å²) in [5, 5.41) is 11.8. The molecule has 1 aromatic heterocycles. The van der Waals surface area contributed by atoms with Gasteiger partial charge in [-0.05, 0) is 6.42 Å². The number of carboxylic acid groups (broad SMARTS) is 1. The van der Waals surface area contributed by atoms with Crippen molar-refractivity contribution in [3.63, 3.8) is 0 Å². The Balaban J connectivity index is 2.39. The van der Waals surface area contributed by atoms with Crippen LogP contribution in [0.3, 0.4) is 0 Å². The van der Waals surface area contributed by atoms with E-state index in [2.05, 4.69) is 10.3 Å². The highest BCUT2D eigenvalue weighted by molar-refractivity contribution is 7.11. The fourth-order valence-corrected chi connectivity index (χ4v) is 1.97. The highest BCUT2D eigenvalue weighted by atomic mass is 32.1. The van der Waals surface area contributed by atoms with E-state index in [1.807, 2.05) is 6.92 Å². The van der Waals surface area contributed by atoms with Crippen molar-refractivity contribution in [2.45, 2.75) is 32.4 Å². The van der Waals surface area contributed by atoms with Gasteiger partial charge < -0.3 is 16.2 Å². The number of thiazole rings is 1. The molecule has 6 nitrogen and oxygen atoms in total. The van der Waals surface area contributed by atoms with Crippen LogP contribution in [0.15, 0.2) is 6.20 Å². The summed E-state index contributed by atoms with van der Waals surface area (Å²) in [5.74, 6) is -1.56. The molecule has 1 rings (SSSR count). The first kappa shape index (κ1) is 13.6. The summed E-state index contributed by atoms with van der Waals surface area (Å²) in [5.41, 5.74) is 5.40. The summed E-state index contributed by atoms with van der Waals surface area (Å²) >= 11 is 1.52. The Kier molecular flexibility index (Phi) is 5.05. The summed E-state index contributed by atoms with van der Waals surface area (Å²) in [6.07, 6.45) is 2.30. The second kappa shape index (κ2) is 6.31.